The standard InChI is InChI=1S/C10H5ClN2O4/c11-6-1-2-7(8(5-6)13(16)17)12-9(14)3-4-10(12)15/h1-5H. The van der Waals surface area contributed by atoms with E-state index in [1.54, 1.807) is 0 Å². The highest BCUT2D eigenvalue weighted by molar-refractivity contribution is 6.32. The van der Waals surface area contributed by atoms with Gasteiger partial charge in [0.1, 0.15) is 5.69 Å². The van der Waals surface area contributed by atoms with E-state index in [0.29, 0.717) is 0 Å². The number of hydrogen-bond acceptors (Lipinski definition) is 4. The van der Waals surface area contributed by atoms with E-state index in [2.05, 4.69) is 0 Å². The van der Waals surface area contributed by atoms with Gasteiger partial charge in [0.25, 0.3) is 17.5 Å². The largest absolute Gasteiger partial charge is 0.294 e. The average Bonchev–Trinajstić information content (AvgIpc) is 2.59. The van der Waals surface area contributed by atoms with Gasteiger partial charge in [0.15, 0.2) is 0 Å². The van der Waals surface area contributed by atoms with E-state index in [9.17, 15) is 19.7 Å². The van der Waals surface area contributed by atoms with Gasteiger partial charge in [0.05, 0.1) is 4.92 Å². The first-order valence-electron chi connectivity index (χ1n) is 4.51. The first-order chi connectivity index (χ1) is 8.00. The minimum atomic E-state index is -0.694. The summed E-state index contributed by atoms with van der Waals surface area (Å²) in [4.78, 5) is 33.7. The third-order valence-electron chi connectivity index (χ3n) is 2.18. The predicted octanol–water partition coefficient (Wildman–Crippen LogP) is 1.68. The third kappa shape index (κ3) is 1.90. The fourth-order valence-electron chi connectivity index (χ4n) is 1.47. The summed E-state index contributed by atoms with van der Waals surface area (Å²) in [6.45, 7) is 0. The van der Waals surface area contributed by atoms with Crippen LogP contribution in [0.4, 0.5) is 11.4 Å². The number of rotatable bonds is 2. The molecule has 7 heteroatoms. The molecule has 1 heterocycles. The molecule has 0 atom stereocenters. The van der Waals surface area contributed by atoms with Crippen LogP contribution < -0.4 is 4.90 Å². The van der Waals surface area contributed by atoms with Gasteiger partial charge in [-0.25, -0.2) is 4.90 Å². The second-order valence-corrected chi connectivity index (χ2v) is 3.67. The number of imide groups is 1. The number of amides is 2. The molecule has 0 aromatic heterocycles. The van der Waals surface area contributed by atoms with Gasteiger partial charge in [-0.05, 0) is 12.1 Å². The summed E-state index contributed by atoms with van der Waals surface area (Å²) in [5.74, 6) is -1.22. The molecule has 0 spiro atoms. The van der Waals surface area contributed by atoms with E-state index in [-0.39, 0.29) is 16.4 Å². The van der Waals surface area contributed by atoms with Crippen LogP contribution in [0.15, 0.2) is 30.4 Å². The zero-order valence-electron chi connectivity index (χ0n) is 8.29. The summed E-state index contributed by atoms with van der Waals surface area (Å²) in [7, 11) is 0. The van der Waals surface area contributed by atoms with E-state index in [1.807, 2.05) is 0 Å². The summed E-state index contributed by atoms with van der Waals surface area (Å²) in [6.07, 6.45) is 2.11. The summed E-state index contributed by atoms with van der Waals surface area (Å²) in [5, 5.41) is 11.0. The van der Waals surface area contributed by atoms with Crippen molar-refractivity contribution in [3.05, 3.63) is 45.5 Å². The minimum absolute atomic E-state index is 0.0839. The molecule has 0 unspecified atom stereocenters. The molecule has 1 aromatic rings. The van der Waals surface area contributed by atoms with Crippen molar-refractivity contribution in [3.63, 3.8) is 0 Å². The number of anilines is 1. The van der Waals surface area contributed by atoms with Crippen molar-refractivity contribution in [3.8, 4) is 0 Å². The van der Waals surface area contributed by atoms with Crippen LogP contribution in [0.3, 0.4) is 0 Å². The van der Waals surface area contributed by atoms with Crippen LogP contribution in [-0.4, -0.2) is 16.7 Å². The van der Waals surface area contributed by atoms with Crippen LogP contribution >= 0.6 is 11.6 Å². The van der Waals surface area contributed by atoms with E-state index in [4.69, 9.17) is 11.6 Å². The maximum absolute atomic E-state index is 11.4. The molecule has 0 N–H and O–H groups in total. The number of nitro benzene ring substituents is 1. The van der Waals surface area contributed by atoms with Crippen molar-refractivity contribution < 1.29 is 14.5 Å². The number of nitro groups is 1. The Kier molecular flexibility index (Phi) is 2.64. The number of nitrogens with zero attached hydrogens (tertiary/aromatic N) is 2. The SMILES string of the molecule is O=C1C=CC(=O)N1c1ccc(Cl)cc1[N+](=O)[O-]. The predicted molar refractivity (Wildman–Crippen MR) is 59.7 cm³/mol. The Bertz CT molecular complexity index is 549. The molecule has 1 aromatic carbocycles. The second kappa shape index (κ2) is 3.99. The van der Waals surface area contributed by atoms with Gasteiger partial charge < -0.3 is 0 Å². The molecule has 0 aliphatic carbocycles. The number of carbonyl (C=O) groups excluding carboxylic acids is 2. The Labute approximate surface area is 100 Å². The molecule has 1 aliphatic rings. The van der Waals surface area contributed by atoms with Gasteiger partial charge in [-0.3, -0.25) is 19.7 Å². The number of halogens is 1. The lowest BCUT2D eigenvalue weighted by Crippen LogP contribution is -2.30. The van der Waals surface area contributed by atoms with E-state index in [0.717, 1.165) is 23.1 Å². The average molecular weight is 253 g/mol. The maximum Gasteiger partial charge on any atom is 0.294 e. The van der Waals surface area contributed by atoms with Crippen molar-refractivity contribution in [2.75, 3.05) is 4.90 Å². The Morgan fingerprint density at radius 2 is 1.76 bits per heavy atom. The van der Waals surface area contributed by atoms with Crippen LogP contribution in [0.5, 0.6) is 0 Å². The topological polar surface area (TPSA) is 80.5 Å². The van der Waals surface area contributed by atoms with E-state index >= 15 is 0 Å². The third-order valence-corrected chi connectivity index (χ3v) is 2.42. The molecule has 0 fully saturated rings. The van der Waals surface area contributed by atoms with Gasteiger partial charge in [0, 0.05) is 23.2 Å². The Hall–Kier alpha value is -2.21. The second-order valence-electron chi connectivity index (χ2n) is 3.24. The van der Waals surface area contributed by atoms with Crippen LogP contribution in [0.2, 0.25) is 5.02 Å². The van der Waals surface area contributed by atoms with Crippen molar-refractivity contribution in [1.29, 1.82) is 0 Å². The highest BCUT2D eigenvalue weighted by Gasteiger charge is 2.31. The van der Waals surface area contributed by atoms with Crippen molar-refractivity contribution in [2.45, 2.75) is 0 Å². The summed E-state index contributed by atoms with van der Waals surface area (Å²) < 4.78 is 0. The molecular weight excluding hydrogens is 248 g/mol. The quantitative estimate of drug-likeness (QED) is 0.456. The first kappa shape index (κ1) is 11.3. The molecule has 86 valence electrons. The molecule has 1 aliphatic heterocycles. The minimum Gasteiger partial charge on any atom is -0.269 e. The molecule has 2 amide bonds. The highest BCUT2D eigenvalue weighted by Crippen LogP contribution is 2.32. The number of benzene rings is 1. The smallest absolute Gasteiger partial charge is 0.269 e. The fraction of sp³-hybridized carbons (Fsp3) is 0. The molecular formula is C10H5ClN2O4. The Morgan fingerprint density at radius 3 is 2.29 bits per heavy atom. The van der Waals surface area contributed by atoms with Crippen molar-refractivity contribution >= 4 is 34.8 Å². The van der Waals surface area contributed by atoms with E-state index in [1.165, 1.54) is 12.1 Å². The van der Waals surface area contributed by atoms with Crippen LogP contribution in [0.1, 0.15) is 0 Å². The number of carbonyl (C=O) groups is 2. The van der Waals surface area contributed by atoms with Crippen LogP contribution in [0.25, 0.3) is 0 Å². The van der Waals surface area contributed by atoms with Crippen molar-refractivity contribution in [1.82, 2.24) is 0 Å². The van der Waals surface area contributed by atoms with Crippen molar-refractivity contribution in [2.24, 2.45) is 0 Å². The zero-order chi connectivity index (χ0) is 12.6. The maximum atomic E-state index is 11.4. The summed E-state index contributed by atoms with van der Waals surface area (Å²) >= 11 is 5.63. The van der Waals surface area contributed by atoms with Crippen LogP contribution in [0, 0.1) is 10.1 Å². The molecule has 0 saturated heterocycles. The lowest BCUT2D eigenvalue weighted by atomic mass is 10.2. The molecule has 17 heavy (non-hydrogen) atoms. The molecule has 0 bridgehead atoms. The fourth-order valence-corrected chi connectivity index (χ4v) is 1.64. The highest BCUT2D eigenvalue weighted by atomic mass is 35.5. The van der Waals surface area contributed by atoms with Gasteiger partial charge in [-0.2, -0.15) is 0 Å². The molecule has 2 rings (SSSR count). The van der Waals surface area contributed by atoms with E-state index < -0.39 is 16.7 Å². The Morgan fingerprint density at radius 1 is 1.18 bits per heavy atom. The molecule has 0 saturated carbocycles. The lowest BCUT2D eigenvalue weighted by Gasteiger charge is -2.13. The lowest BCUT2D eigenvalue weighted by molar-refractivity contribution is -0.384. The van der Waals surface area contributed by atoms with Gasteiger partial charge in [-0.15, -0.1) is 0 Å². The monoisotopic (exact) mass is 252 g/mol. The normalized spacial score (nSPS) is 14.5. The summed E-state index contributed by atoms with van der Waals surface area (Å²) in [5.41, 5.74) is -0.470. The summed E-state index contributed by atoms with van der Waals surface area (Å²) in [6, 6.07) is 3.74. The van der Waals surface area contributed by atoms with Gasteiger partial charge in [0.2, 0.25) is 0 Å². The first-order valence-corrected chi connectivity index (χ1v) is 4.88. The molecule has 0 radical (unpaired) electrons. The van der Waals surface area contributed by atoms with Crippen LogP contribution in [-0.2, 0) is 9.59 Å². The Balaban J connectivity index is 2.56. The van der Waals surface area contributed by atoms with Gasteiger partial charge >= 0.3 is 0 Å². The van der Waals surface area contributed by atoms with Gasteiger partial charge in [-0.1, -0.05) is 11.6 Å². The molecule has 6 nitrogen and oxygen atoms in total. The number of hydrogen-bond donors (Lipinski definition) is 0. The zero-order valence-corrected chi connectivity index (χ0v) is 9.05.